The normalized spacial score (nSPS) is 21.8. The molecule has 2 aromatic carbocycles. The Balaban J connectivity index is 2.00. The summed E-state index contributed by atoms with van der Waals surface area (Å²) in [6.07, 6.45) is 0. The molecule has 0 aromatic heterocycles. The van der Waals surface area contributed by atoms with E-state index in [0.29, 0.717) is 16.3 Å². The van der Waals surface area contributed by atoms with Gasteiger partial charge in [0.25, 0.3) is 0 Å². The predicted molar refractivity (Wildman–Crippen MR) is 76.1 cm³/mol. The highest BCUT2D eigenvalue weighted by Crippen LogP contribution is 2.39. The monoisotopic (exact) mass is 290 g/mol. The Hall–Kier alpha value is -1.91. The van der Waals surface area contributed by atoms with E-state index in [9.17, 15) is 9.18 Å². The van der Waals surface area contributed by atoms with Crippen molar-refractivity contribution in [1.29, 1.82) is 0 Å². The highest BCUT2D eigenvalue weighted by molar-refractivity contribution is 6.30. The second-order valence-electron chi connectivity index (χ2n) is 4.68. The Kier molecular flexibility index (Phi) is 3.20. The molecule has 0 aliphatic carbocycles. The maximum atomic E-state index is 13.9. The summed E-state index contributed by atoms with van der Waals surface area (Å²) in [5.41, 5.74) is 6.93. The van der Waals surface area contributed by atoms with E-state index in [4.69, 9.17) is 17.3 Å². The number of carbonyl (C=O) groups is 1. The maximum Gasteiger partial charge on any atom is 0.247 e. The van der Waals surface area contributed by atoms with Crippen molar-refractivity contribution in [2.45, 2.75) is 12.1 Å². The zero-order valence-corrected chi connectivity index (χ0v) is 11.2. The zero-order valence-electron chi connectivity index (χ0n) is 10.5. The van der Waals surface area contributed by atoms with Crippen LogP contribution in [0.15, 0.2) is 48.5 Å². The van der Waals surface area contributed by atoms with Crippen LogP contribution in [0.5, 0.6) is 0 Å². The van der Waals surface area contributed by atoms with E-state index in [2.05, 4.69) is 0 Å². The molecule has 1 fully saturated rings. The third-order valence-corrected chi connectivity index (χ3v) is 3.72. The molecule has 2 atom stereocenters. The van der Waals surface area contributed by atoms with Gasteiger partial charge in [0.1, 0.15) is 11.9 Å². The number of nitrogens with zero attached hydrogens (tertiary/aromatic N) is 1. The first-order chi connectivity index (χ1) is 9.59. The first-order valence-corrected chi connectivity index (χ1v) is 6.56. The number of benzene rings is 2. The van der Waals surface area contributed by atoms with Crippen LogP contribution in [0.25, 0.3) is 0 Å². The van der Waals surface area contributed by atoms with Crippen LogP contribution in [0, 0.1) is 5.82 Å². The average molecular weight is 291 g/mol. The van der Waals surface area contributed by atoms with E-state index in [1.807, 2.05) is 0 Å². The van der Waals surface area contributed by atoms with Crippen LogP contribution in [0.1, 0.15) is 11.6 Å². The molecule has 102 valence electrons. The summed E-state index contributed by atoms with van der Waals surface area (Å²) in [5.74, 6) is -0.583. The van der Waals surface area contributed by atoms with Crippen molar-refractivity contribution in [3.63, 3.8) is 0 Å². The van der Waals surface area contributed by atoms with Gasteiger partial charge in [-0.25, -0.2) is 4.39 Å². The van der Waals surface area contributed by atoms with Crippen LogP contribution < -0.4 is 10.6 Å². The largest absolute Gasteiger partial charge is 0.318 e. The molecule has 1 saturated heterocycles. The quantitative estimate of drug-likeness (QED) is 0.865. The van der Waals surface area contributed by atoms with Crippen molar-refractivity contribution in [2.24, 2.45) is 5.73 Å². The van der Waals surface area contributed by atoms with Gasteiger partial charge in [0.15, 0.2) is 0 Å². The Labute approximate surface area is 120 Å². The van der Waals surface area contributed by atoms with Gasteiger partial charge >= 0.3 is 0 Å². The number of anilines is 1. The number of rotatable bonds is 2. The van der Waals surface area contributed by atoms with Crippen molar-refractivity contribution >= 4 is 23.2 Å². The van der Waals surface area contributed by atoms with Gasteiger partial charge in [-0.05, 0) is 30.3 Å². The van der Waals surface area contributed by atoms with E-state index in [1.54, 1.807) is 42.5 Å². The number of hydrogen-bond donors (Lipinski definition) is 1. The molecule has 1 amide bonds. The third-order valence-electron chi connectivity index (χ3n) is 3.47. The molecule has 0 bridgehead atoms. The van der Waals surface area contributed by atoms with E-state index < -0.39 is 12.1 Å². The predicted octanol–water partition coefficient (Wildman–Crippen LogP) is 2.89. The summed E-state index contributed by atoms with van der Waals surface area (Å²) < 4.78 is 13.9. The van der Waals surface area contributed by atoms with E-state index in [1.165, 1.54) is 11.0 Å². The number of β-lactam (4-membered cyclic amide) rings is 1. The van der Waals surface area contributed by atoms with Gasteiger partial charge in [-0.2, -0.15) is 0 Å². The zero-order chi connectivity index (χ0) is 14.3. The molecule has 0 saturated carbocycles. The van der Waals surface area contributed by atoms with E-state index >= 15 is 0 Å². The molecule has 1 heterocycles. The summed E-state index contributed by atoms with van der Waals surface area (Å²) in [6, 6.07) is 12.0. The minimum absolute atomic E-state index is 0.222. The number of carbonyl (C=O) groups excluding carboxylic acids is 1. The first kappa shape index (κ1) is 13.1. The molecule has 3 nitrogen and oxygen atoms in total. The first-order valence-electron chi connectivity index (χ1n) is 6.18. The fourth-order valence-corrected chi connectivity index (χ4v) is 2.57. The lowest BCUT2D eigenvalue weighted by molar-refractivity contribution is -0.126. The summed E-state index contributed by atoms with van der Waals surface area (Å²) in [4.78, 5) is 13.5. The second kappa shape index (κ2) is 4.89. The Morgan fingerprint density at radius 1 is 1.10 bits per heavy atom. The van der Waals surface area contributed by atoms with Crippen molar-refractivity contribution in [1.82, 2.24) is 0 Å². The molecule has 3 rings (SSSR count). The highest BCUT2D eigenvalue weighted by atomic mass is 35.5. The average Bonchev–Trinajstić information content (AvgIpc) is 2.46. The second-order valence-corrected chi connectivity index (χ2v) is 5.11. The Morgan fingerprint density at radius 2 is 1.75 bits per heavy atom. The van der Waals surface area contributed by atoms with Crippen molar-refractivity contribution in [3.05, 3.63) is 64.9 Å². The lowest BCUT2D eigenvalue weighted by atomic mass is 9.88. The van der Waals surface area contributed by atoms with Gasteiger partial charge in [-0.1, -0.05) is 29.8 Å². The van der Waals surface area contributed by atoms with Gasteiger partial charge in [-0.15, -0.1) is 0 Å². The van der Waals surface area contributed by atoms with Gasteiger partial charge in [0.2, 0.25) is 5.91 Å². The highest BCUT2D eigenvalue weighted by Gasteiger charge is 2.47. The van der Waals surface area contributed by atoms with Crippen LogP contribution in [0.3, 0.4) is 0 Å². The molecule has 2 N–H and O–H groups in total. The van der Waals surface area contributed by atoms with Crippen LogP contribution in [0.2, 0.25) is 5.02 Å². The van der Waals surface area contributed by atoms with Gasteiger partial charge < -0.3 is 10.6 Å². The van der Waals surface area contributed by atoms with E-state index in [-0.39, 0.29) is 11.7 Å². The Morgan fingerprint density at radius 3 is 2.40 bits per heavy atom. The van der Waals surface area contributed by atoms with Gasteiger partial charge in [0, 0.05) is 16.3 Å². The lowest BCUT2D eigenvalue weighted by Crippen LogP contribution is -2.63. The molecule has 1 aliphatic rings. The summed E-state index contributed by atoms with van der Waals surface area (Å²) in [7, 11) is 0. The minimum atomic E-state index is -0.720. The summed E-state index contributed by atoms with van der Waals surface area (Å²) in [5, 5.41) is 0.577. The molecule has 20 heavy (non-hydrogen) atoms. The number of hydrogen-bond acceptors (Lipinski definition) is 2. The molecule has 0 unspecified atom stereocenters. The van der Waals surface area contributed by atoms with E-state index in [0.717, 1.165) is 0 Å². The third kappa shape index (κ3) is 1.97. The van der Waals surface area contributed by atoms with Gasteiger partial charge in [-0.3, -0.25) is 4.79 Å². The van der Waals surface area contributed by atoms with Crippen LogP contribution in [0.4, 0.5) is 10.1 Å². The van der Waals surface area contributed by atoms with Crippen LogP contribution >= 0.6 is 11.6 Å². The standard InChI is InChI=1S/C15H12ClFN2O/c16-9-5-7-10(8-6-9)19-14(13(18)15(19)20)11-3-1-2-4-12(11)17/h1-8,13-14H,18H2/t13-,14-/m1/s1. The molecular weight excluding hydrogens is 279 g/mol. The number of amides is 1. The van der Waals surface area contributed by atoms with Crippen molar-refractivity contribution in [3.8, 4) is 0 Å². The summed E-state index contributed by atoms with van der Waals surface area (Å²) >= 11 is 5.83. The SMILES string of the molecule is N[C@H]1C(=O)N(c2ccc(Cl)cc2)[C@@H]1c1ccccc1F. The Bertz CT molecular complexity index is 659. The minimum Gasteiger partial charge on any atom is -0.318 e. The fourth-order valence-electron chi connectivity index (χ4n) is 2.45. The maximum absolute atomic E-state index is 13.9. The molecule has 2 aromatic rings. The molecule has 0 radical (unpaired) electrons. The number of nitrogens with two attached hydrogens (primary N) is 1. The smallest absolute Gasteiger partial charge is 0.247 e. The topological polar surface area (TPSA) is 46.3 Å². The van der Waals surface area contributed by atoms with Crippen LogP contribution in [-0.4, -0.2) is 11.9 Å². The number of halogens is 2. The summed E-state index contributed by atoms with van der Waals surface area (Å²) in [6.45, 7) is 0. The molecule has 5 heteroatoms. The van der Waals surface area contributed by atoms with Crippen molar-refractivity contribution in [2.75, 3.05) is 4.90 Å². The fraction of sp³-hybridized carbons (Fsp3) is 0.133. The van der Waals surface area contributed by atoms with Crippen LogP contribution in [-0.2, 0) is 4.79 Å². The van der Waals surface area contributed by atoms with Crippen molar-refractivity contribution < 1.29 is 9.18 Å². The lowest BCUT2D eigenvalue weighted by Gasteiger charge is -2.45. The van der Waals surface area contributed by atoms with Gasteiger partial charge in [0.05, 0.1) is 6.04 Å². The molecular formula is C15H12ClFN2O. The molecule has 1 aliphatic heterocycles. The molecule has 0 spiro atoms.